The zero-order chi connectivity index (χ0) is 12.8. The van der Waals surface area contributed by atoms with E-state index >= 15 is 0 Å². The van der Waals surface area contributed by atoms with Gasteiger partial charge in [-0.25, -0.2) is 0 Å². The molecule has 3 aliphatic rings. The van der Waals surface area contributed by atoms with Crippen LogP contribution < -0.4 is 0 Å². The van der Waals surface area contributed by atoms with Crippen molar-refractivity contribution < 1.29 is 0 Å². The topological polar surface area (TPSA) is 0 Å². The van der Waals surface area contributed by atoms with Gasteiger partial charge in [-0.1, -0.05) is 44.4 Å². The second-order valence-corrected chi connectivity index (χ2v) is 7.29. The summed E-state index contributed by atoms with van der Waals surface area (Å²) in [5.41, 5.74) is 2.41. The van der Waals surface area contributed by atoms with Gasteiger partial charge in [0, 0.05) is 0 Å². The van der Waals surface area contributed by atoms with Gasteiger partial charge in [0.25, 0.3) is 0 Å². The van der Waals surface area contributed by atoms with Crippen LogP contribution in [0.1, 0.15) is 58.8 Å². The van der Waals surface area contributed by atoms with Gasteiger partial charge in [-0.15, -0.1) is 6.58 Å². The fourth-order valence-corrected chi connectivity index (χ4v) is 5.43. The van der Waals surface area contributed by atoms with E-state index in [4.69, 9.17) is 0 Å². The van der Waals surface area contributed by atoms with Gasteiger partial charge in [0.2, 0.25) is 0 Å². The Morgan fingerprint density at radius 2 is 2.11 bits per heavy atom. The van der Waals surface area contributed by atoms with Gasteiger partial charge in [-0.3, -0.25) is 0 Å². The van der Waals surface area contributed by atoms with Crippen molar-refractivity contribution in [2.24, 2.45) is 29.1 Å². The van der Waals surface area contributed by atoms with E-state index in [-0.39, 0.29) is 0 Å². The van der Waals surface area contributed by atoms with Crippen LogP contribution in [0.4, 0.5) is 0 Å². The summed E-state index contributed by atoms with van der Waals surface area (Å²) in [6, 6.07) is 0. The maximum Gasteiger partial charge on any atom is -0.00532 e. The summed E-state index contributed by atoms with van der Waals surface area (Å²) in [7, 11) is 0. The maximum absolute atomic E-state index is 3.99. The van der Waals surface area contributed by atoms with Crippen LogP contribution in [-0.2, 0) is 0 Å². The van der Waals surface area contributed by atoms with Crippen molar-refractivity contribution in [3.05, 3.63) is 24.3 Å². The molecule has 18 heavy (non-hydrogen) atoms. The number of rotatable bonds is 1. The molecule has 0 amide bonds. The molecule has 0 spiro atoms. The lowest BCUT2D eigenvalue weighted by Crippen LogP contribution is -2.46. The summed E-state index contributed by atoms with van der Waals surface area (Å²) in [6.07, 6.45) is 14.7. The summed E-state index contributed by atoms with van der Waals surface area (Å²) in [4.78, 5) is 0. The molecular weight excluding hydrogens is 216 g/mol. The first-order valence-electron chi connectivity index (χ1n) is 7.98. The summed E-state index contributed by atoms with van der Waals surface area (Å²) in [5, 5.41) is 0. The van der Waals surface area contributed by atoms with E-state index in [9.17, 15) is 0 Å². The molecule has 3 aliphatic carbocycles. The molecule has 0 heteroatoms. The number of allylic oxidation sites excluding steroid dienone is 3. The molecule has 0 aliphatic heterocycles. The lowest BCUT2D eigenvalue weighted by molar-refractivity contribution is -0.0109. The summed E-state index contributed by atoms with van der Waals surface area (Å²) in [6.45, 7) is 9.10. The highest BCUT2D eigenvalue weighted by molar-refractivity contribution is 5.22. The van der Waals surface area contributed by atoms with Crippen LogP contribution in [0.15, 0.2) is 24.3 Å². The lowest BCUT2D eigenvalue weighted by Gasteiger charge is -2.55. The molecule has 3 rings (SSSR count). The molecule has 5 atom stereocenters. The quantitative estimate of drug-likeness (QED) is 0.545. The molecule has 0 radical (unpaired) electrons. The van der Waals surface area contributed by atoms with E-state index in [1.807, 2.05) is 0 Å². The third-order valence-corrected chi connectivity index (χ3v) is 6.42. The number of hydrogen-bond acceptors (Lipinski definition) is 0. The van der Waals surface area contributed by atoms with Crippen LogP contribution in [0.5, 0.6) is 0 Å². The van der Waals surface area contributed by atoms with Gasteiger partial charge < -0.3 is 0 Å². The monoisotopic (exact) mass is 244 g/mol. The Balaban J connectivity index is 1.91. The molecule has 0 nitrogen and oxygen atoms in total. The molecule has 100 valence electrons. The Morgan fingerprint density at radius 3 is 2.89 bits per heavy atom. The largest absolute Gasteiger partial charge is 0.102 e. The van der Waals surface area contributed by atoms with Crippen molar-refractivity contribution in [1.29, 1.82) is 0 Å². The number of hydrogen-bond donors (Lipinski definition) is 0. The Morgan fingerprint density at radius 1 is 1.28 bits per heavy atom. The van der Waals surface area contributed by atoms with E-state index in [2.05, 4.69) is 32.6 Å². The van der Waals surface area contributed by atoms with Crippen molar-refractivity contribution in [3.63, 3.8) is 0 Å². The van der Waals surface area contributed by atoms with Gasteiger partial charge in [0.15, 0.2) is 0 Å². The van der Waals surface area contributed by atoms with E-state index < -0.39 is 0 Å². The smallest absolute Gasteiger partial charge is 0.00532 e. The Kier molecular flexibility index (Phi) is 3.16. The van der Waals surface area contributed by atoms with Crippen LogP contribution in [0.25, 0.3) is 0 Å². The highest BCUT2D eigenvalue weighted by atomic mass is 14.5. The fraction of sp³-hybridized carbons (Fsp3) is 0.778. The third-order valence-electron chi connectivity index (χ3n) is 6.42. The van der Waals surface area contributed by atoms with E-state index in [0.717, 1.165) is 17.8 Å². The maximum atomic E-state index is 3.99. The second kappa shape index (κ2) is 4.54. The first-order valence-corrected chi connectivity index (χ1v) is 7.98. The van der Waals surface area contributed by atoms with Crippen LogP contribution in [0.2, 0.25) is 0 Å². The molecule has 0 saturated heterocycles. The second-order valence-electron chi connectivity index (χ2n) is 7.29. The predicted octanol–water partition coefficient (Wildman–Crippen LogP) is 5.36. The first-order chi connectivity index (χ1) is 8.65. The molecule has 0 heterocycles. The summed E-state index contributed by atoms with van der Waals surface area (Å²) >= 11 is 0. The van der Waals surface area contributed by atoms with Gasteiger partial charge in [0.05, 0.1) is 0 Å². The zero-order valence-corrected chi connectivity index (χ0v) is 12.1. The lowest BCUT2D eigenvalue weighted by atomic mass is 9.50. The minimum atomic E-state index is 0.619. The Labute approximate surface area is 113 Å². The average Bonchev–Trinajstić information content (AvgIpc) is 2.38. The standard InChI is InChI=1S/C18H28/c1-4-14-7-9-17-15(12-14)8-10-16-13(2)6-5-11-18(16,17)3/h4,12-14,16-17H,1,5-11H2,2-3H3/t13-,14?,16?,17?,18-/m0/s1. The predicted molar refractivity (Wildman–Crippen MR) is 78.3 cm³/mol. The molecule has 0 aromatic rings. The molecule has 0 aromatic carbocycles. The normalized spacial score (nSPS) is 47.8. The van der Waals surface area contributed by atoms with Crippen molar-refractivity contribution >= 4 is 0 Å². The Hall–Kier alpha value is -0.520. The van der Waals surface area contributed by atoms with Crippen molar-refractivity contribution in [2.45, 2.75) is 58.8 Å². The molecule has 2 fully saturated rings. The van der Waals surface area contributed by atoms with E-state index in [1.165, 1.54) is 44.9 Å². The zero-order valence-electron chi connectivity index (χ0n) is 12.1. The molecule has 0 aromatic heterocycles. The van der Waals surface area contributed by atoms with Gasteiger partial charge in [0.1, 0.15) is 0 Å². The molecular formula is C18H28. The SMILES string of the molecule is C=CC1C=C2CCC3[C@@H](C)CCC[C@]3(C)C2CC1. The van der Waals surface area contributed by atoms with Crippen LogP contribution in [-0.4, -0.2) is 0 Å². The molecule has 0 N–H and O–H groups in total. The van der Waals surface area contributed by atoms with Crippen LogP contribution >= 0.6 is 0 Å². The minimum absolute atomic E-state index is 0.619. The van der Waals surface area contributed by atoms with Gasteiger partial charge in [-0.2, -0.15) is 0 Å². The Bertz CT molecular complexity index is 364. The van der Waals surface area contributed by atoms with E-state index in [0.29, 0.717) is 11.3 Å². The third kappa shape index (κ3) is 1.80. The summed E-state index contributed by atoms with van der Waals surface area (Å²) < 4.78 is 0. The molecule has 3 unspecified atom stereocenters. The fourth-order valence-electron chi connectivity index (χ4n) is 5.43. The van der Waals surface area contributed by atoms with Crippen LogP contribution in [0.3, 0.4) is 0 Å². The van der Waals surface area contributed by atoms with Gasteiger partial charge >= 0.3 is 0 Å². The van der Waals surface area contributed by atoms with Crippen molar-refractivity contribution in [2.75, 3.05) is 0 Å². The van der Waals surface area contributed by atoms with Gasteiger partial charge in [-0.05, 0) is 61.2 Å². The average molecular weight is 244 g/mol. The first kappa shape index (κ1) is 12.5. The minimum Gasteiger partial charge on any atom is -0.102 e. The highest BCUT2D eigenvalue weighted by Crippen LogP contribution is 2.59. The summed E-state index contributed by atoms with van der Waals surface area (Å²) in [5.74, 6) is 3.52. The highest BCUT2D eigenvalue weighted by Gasteiger charge is 2.49. The molecule has 2 saturated carbocycles. The molecule has 0 bridgehead atoms. The van der Waals surface area contributed by atoms with E-state index in [1.54, 1.807) is 5.57 Å². The van der Waals surface area contributed by atoms with Crippen LogP contribution in [0, 0.1) is 29.1 Å². The number of fused-ring (bicyclic) bond motifs is 3. The van der Waals surface area contributed by atoms with Crippen molar-refractivity contribution in [1.82, 2.24) is 0 Å². The van der Waals surface area contributed by atoms with Crippen molar-refractivity contribution in [3.8, 4) is 0 Å².